The molecular formula is C38H61N3O4. The first-order chi connectivity index (χ1) is 21.6. The average molecular weight is 624 g/mol. The number of hydrogen-bond donors (Lipinski definition) is 4. The molecule has 5 rings (SSSR count). The van der Waals surface area contributed by atoms with Crippen LogP contribution in [-0.4, -0.2) is 55.4 Å². The minimum atomic E-state index is -0.677. The first kappa shape index (κ1) is 34.4. The van der Waals surface area contributed by atoms with Gasteiger partial charge in [0, 0.05) is 18.9 Å². The van der Waals surface area contributed by atoms with Gasteiger partial charge >= 0.3 is 5.97 Å². The fourth-order valence-corrected chi connectivity index (χ4v) is 11.0. The highest BCUT2D eigenvalue weighted by Gasteiger charge is 2.62. The second kappa shape index (κ2) is 14.9. The topological polar surface area (TPSA) is 114 Å². The lowest BCUT2D eigenvalue weighted by atomic mass is 9.43. The van der Waals surface area contributed by atoms with Crippen LogP contribution in [0.15, 0.2) is 30.3 Å². The van der Waals surface area contributed by atoms with E-state index < -0.39 is 12.0 Å². The van der Waals surface area contributed by atoms with Crippen LogP contribution in [0.4, 0.5) is 0 Å². The first-order valence-corrected chi connectivity index (χ1v) is 18.1. The molecule has 0 saturated heterocycles. The maximum absolute atomic E-state index is 13.1. The zero-order valence-electron chi connectivity index (χ0n) is 28.4. The number of nitrogens with two attached hydrogens (primary N) is 1. The molecule has 45 heavy (non-hydrogen) atoms. The smallest absolute Gasteiger partial charge is 0.328 e. The maximum Gasteiger partial charge on any atom is 0.328 e. The van der Waals surface area contributed by atoms with E-state index in [2.05, 4.69) is 31.4 Å². The van der Waals surface area contributed by atoms with Crippen molar-refractivity contribution in [2.24, 2.45) is 52.1 Å². The molecule has 7 heteroatoms. The van der Waals surface area contributed by atoms with Crippen molar-refractivity contribution in [1.82, 2.24) is 10.6 Å². The SMILES string of the molecule is COC(=O)[C@H](Cc1ccccc1)NC(=O)CC[C@@H](C)C1CCC2C3C(CC[C@@]21C)[C@@]1(C)CC[C@H](NCCCCN)C[C@H]1C[C@H]3O. The third-order valence-corrected chi connectivity index (χ3v) is 13.4. The highest BCUT2D eigenvalue weighted by molar-refractivity contribution is 5.84. The number of unbranched alkanes of at least 4 members (excludes halogenated alkanes) is 1. The average Bonchev–Trinajstić information content (AvgIpc) is 3.39. The molecule has 252 valence electrons. The molecule has 0 aromatic heterocycles. The summed E-state index contributed by atoms with van der Waals surface area (Å²) in [6.45, 7) is 9.24. The number of rotatable bonds is 13. The Morgan fingerprint density at radius 2 is 1.76 bits per heavy atom. The summed E-state index contributed by atoms with van der Waals surface area (Å²) in [6, 6.07) is 9.66. The number of methoxy groups -OCH3 is 1. The van der Waals surface area contributed by atoms with Gasteiger partial charge in [0.05, 0.1) is 13.2 Å². The number of aliphatic hydroxyl groups excluding tert-OH is 1. The molecule has 4 saturated carbocycles. The van der Waals surface area contributed by atoms with Crippen LogP contribution in [0.1, 0.15) is 103 Å². The van der Waals surface area contributed by atoms with Crippen molar-refractivity contribution >= 4 is 11.9 Å². The van der Waals surface area contributed by atoms with Crippen molar-refractivity contribution in [2.75, 3.05) is 20.2 Å². The molecule has 1 amide bonds. The highest BCUT2D eigenvalue weighted by atomic mass is 16.5. The summed E-state index contributed by atoms with van der Waals surface area (Å²) in [4.78, 5) is 25.6. The van der Waals surface area contributed by atoms with Gasteiger partial charge in [0.2, 0.25) is 5.91 Å². The number of benzene rings is 1. The second-order valence-electron chi connectivity index (χ2n) is 15.8. The summed E-state index contributed by atoms with van der Waals surface area (Å²) in [7, 11) is 1.37. The van der Waals surface area contributed by atoms with E-state index in [1.807, 2.05) is 30.3 Å². The van der Waals surface area contributed by atoms with E-state index in [1.54, 1.807) is 0 Å². The Bertz CT molecular complexity index is 1130. The third-order valence-electron chi connectivity index (χ3n) is 13.4. The fourth-order valence-electron chi connectivity index (χ4n) is 11.0. The van der Waals surface area contributed by atoms with E-state index in [-0.39, 0.29) is 17.4 Å². The zero-order valence-corrected chi connectivity index (χ0v) is 28.4. The van der Waals surface area contributed by atoms with Gasteiger partial charge in [-0.2, -0.15) is 0 Å². The number of amides is 1. The van der Waals surface area contributed by atoms with E-state index in [0.717, 1.165) is 44.3 Å². The minimum absolute atomic E-state index is 0.0808. The van der Waals surface area contributed by atoms with E-state index in [4.69, 9.17) is 10.5 Å². The Kier molecular flexibility index (Phi) is 11.3. The number of fused-ring (bicyclic) bond motifs is 5. The maximum atomic E-state index is 13.1. The zero-order chi connectivity index (χ0) is 32.2. The van der Waals surface area contributed by atoms with E-state index >= 15 is 0 Å². The standard InChI is InChI=1S/C38H61N3O4/c1-25(12-15-34(43)41-32(36(44)45-4)22-26-10-6-5-7-11-26)29-13-14-30-35-31(17-19-38(29,30)3)37(2)18-16-28(40-21-9-8-20-39)23-27(37)24-33(35)42/h5-7,10-11,25,27-33,35,40,42H,8-9,12-24,39H2,1-4H3,(H,41,43)/t25-,27+,28+,29?,30?,31?,32+,33-,35?,37+,38-/m1/s1. The van der Waals surface area contributed by atoms with Gasteiger partial charge in [-0.15, -0.1) is 0 Å². The van der Waals surface area contributed by atoms with Crippen LogP contribution in [0, 0.1) is 46.3 Å². The quantitative estimate of drug-likeness (QED) is 0.167. The van der Waals surface area contributed by atoms with Crippen LogP contribution in [0.3, 0.4) is 0 Å². The van der Waals surface area contributed by atoms with Crippen molar-refractivity contribution < 1.29 is 19.4 Å². The number of hydrogen-bond acceptors (Lipinski definition) is 6. The molecule has 0 spiro atoms. The summed E-state index contributed by atoms with van der Waals surface area (Å²) in [5, 5.41) is 18.6. The third kappa shape index (κ3) is 7.31. The molecule has 4 unspecified atom stereocenters. The van der Waals surface area contributed by atoms with Gasteiger partial charge in [0.25, 0.3) is 0 Å². The lowest BCUT2D eigenvalue weighted by molar-refractivity contribution is -0.167. The second-order valence-corrected chi connectivity index (χ2v) is 15.8. The lowest BCUT2D eigenvalue weighted by Crippen LogP contribution is -2.59. The number of carbonyl (C=O) groups excluding carboxylic acids is 2. The van der Waals surface area contributed by atoms with Gasteiger partial charge in [-0.05, 0) is 136 Å². The number of nitrogens with one attached hydrogen (secondary N) is 2. The normalized spacial score (nSPS) is 37.1. The van der Waals surface area contributed by atoms with Crippen molar-refractivity contribution in [1.29, 1.82) is 0 Å². The summed E-state index contributed by atoms with van der Waals surface area (Å²) in [5.74, 6) is 2.66. The van der Waals surface area contributed by atoms with Gasteiger partial charge in [-0.3, -0.25) is 4.79 Å². The molecule has 1 aromatic rings. The number of carbonyl (C=O) groups is 2. The van der Waals surface area contributed by atoms with Crippen LogP contribution in [0.25, 0.3) is 0 Å². The Hall–Kier alpha value is -1.96. The fraction of sp³-hybridized carbons (Fsp3) is 0.789. The number of esters is 1. The van der Waals surface area contributed by atoms with Crippen molar-refractivity contribution in [2.45, 2.75) is 122 Å². The van der Waals surface area contributed by atoms with Crippen LogP contribution < -0.4 is 16.4 Å². The van der Waals surface area contributed by atoms with Crippen LogP contribution in [-0.2, 0) is 20.7 Å². The van der Waals surface area contributed by atoms with Crippen molar-refractivity contribution in [3.63, 3.8) is 0 Å². The molecule has 4 aliphatic rings. The molecule has 7 nitrogen and oxygen atoms in total. The molecular weight excluding hydrogens is 562 g/mol. The molecule has 4 fully saturated rings. The van der Waals surface area contributed by atoms with Crippen LogP contribution in [0.2, 0.25) is 0 Å². The molecule has 0 radical (unpaired) electrons. The van der Waals surface area contributed by atoms with Gasteiger partial charge in [-0.25, -0.2) is 4.79 Å². The molecule has 11 atom stereocenters. The van der Waals surface area contributed by atoms with Crippen LogP contribution >= 0.6 is 0 Å². The highest BCUT2D eigenvalue weighted by Crippen LogP contribution is 2.68. The predicted molar refractivity (Wildman–Crippen MR) is 179 cm³/mol. The number of ether oxygens (including phenoxy) is 1. The monoisotopic (exact) mass is 623 g/mol. The van der Waals surface area contributed by atoms with E-state index in [1.165, 1.54) is 52.1 Å². The summed E-state index contributed by atoms with van der Waals surface area (Å²) < 4.78 is 5.00. The summed E-state index contributed by atoms with van der Waals surface area (Å²) in [6.07, 6.45) is 13.2. The first-order valence-electron chi connectivity index (χ1n) is 18.1. The molecule has 5 N–H and O–H groups in total. The Labute approximate surface area is 272 Å². The molecule has 4 aliphatic carbocycles. The molecule has 0 heterocycles. The van der Waals surface area contributed by atoms with Crippen LogP contribution in [0.5, 0.6) is 0 Å². The van der Waals surface area contributed by atoms with E-state index in [9.17, 15) is 14.7 Å². The van der Waals surface area contributed by atoms with Crippen molar-refractivity contribution in [3.05, 3.63) is 35.9 Å². The predicted octanol–water partition coefficient (Wildman–Crippen LogP) is 5.63. The lowest BCUT2D eigenvalue weighted by Gasteiger charge is -2.62. The molecule has 1 aromatic carbocycles. The Balaban J connectivity index is 1.17. The summed E-state index contributed by atoms with van der Waals surface area (Å²) >= 11 is 0. The van der Waals surface area contributed by atoms with Crippen molar-refractivity contribution in [3.8, 4) is 0 Å². The molecule has 0 bridgehead atoms. The minimum Gasteiger partial charge on any atom is -0.467 e. The summed E-state index contributed by atoms with van der Waals surface area (Å²) in [5.41, 5.74) is 7.23. The van der Waals surface area contributed by atoms with E-state index in [0.29, 0.717) is 59.8 Å². The molecule has 0 aliphatic heterocycles. The largest absolute Gasteiger partial charge is 0.467 e. The number of aliphatic hydroxyl groups is 1. The Morgan fingerprint density at radius 1 is 1.02 bits per heavy atom. The van der Waals surface area contributed by atoms with Gasteiger partial charge in [0.15, 0.2) is 0 Å². The van der Waals surface area contributed by atoms with Gasteiger partial charge in [0.1, 0.15) is 6.04 Å². The Morgan fingerprint density at radius 3 is 2.49 bits per heavy atom. The van der Waals surface area contributed by atoms with Gasteiger partial charge in [-0.1, -0.05) is 51.1 Å². The van der Waals surface area contributed by atoms with Gasteiger partial charge < -0.3 is 26.2 Å².